The van der Waals surface area contributed by atoms with Crippen LogP contribution >= 0.6 is 0 Å². The normalized spacial score (nSPS) is 12.9. The van der Waals surface area contributed by atoms with Gasteiger partial charge in [0.15, 0.2) is 6.61 Å². The molecule has 21 heavy (non-hydrogen) atoms. The lowest BCUT2D eigenvalue weighted by Gasteiger charge is -2.18. The lowest BCUT2D eigenvalue weighted by molar-refractivity contribution is -0.118. The van der Waals surface area contributed by atoms with Gasteiger partial charge in [0.1, 0.15) is 5.75 Å². The largest absolute Gasteiger partial charge is 0.482 e. The summed E-state index contributed by atoms with van der Waals surface area (Å²) in [6.07, 6.45) is 0. The third-order valence-electron chi connectivity index (χ3n) is 3.17. The molecule has 0 saturated heterocycles. The minimum absolute atomic E-state index is 0.0207. The van der Waals surface area contributed by atoms with Crippen molar-refractivity contribution in [2.45, 2.75) is 6.54 Å². The number of anilines is 1. The monoisotopic (exact) mass is 282 g/mol. The SMILES string of the molecule is O=C1COc2cc(CNC(=O)c3ccccc3)ccc2N1. The summed E-state index contributed by atoms with van der Waals surface area (Å²) < 4.78 is 5.34. The van der Waals surface area contributed by atoms with Gasteiger partial charge >= 0.3 is 0 Å². The molecule has 0 bridgehead atoms. The second-order valence-corrected chi connectivity index (χ2v) is 4.72. The number of fused-ring (bicyclic) bond motifs is 1. The van der Waals surface area contributed by atoms with Gasteiger partial charge in [-0.25, -0.2) is 0 Å². The Morgan fingerprint density at radius 3 is 2.81 bits per heavy atom. The van der Waals surface area contributed by atoms with Crippen molar-refractivity contribution in [3.8, 4) is 5.75 Å². The zero-order valence-corrected chi connectivity index (χ0v) is 11.3. The quantitative estimate of drug-likeness (QED) is 0.904. The third-order valence-corrected chi connectivity index (χ3v) is 3.17. The Balaban J connectivity index is 1.66. The van der Waals surface area contributed by atoms with Gasteiger partial charge in [-0.15, -0.1) is 0 Å². The number of nitrogens with one attached hydrogen (secondary N) is 2. The topological polar surface area (TPSA) is 67.4 Å². The minimum Gasteiger partial charge on any atom is -0.482 e. The van der Waals surface area contributed by atoms with Crippen LogP contribution in [-0.2, 0) is 11.3 Å². The fourth-order valence-corrected chi connectivity index (χ4v) is 2.10. The molecule has 1 aliphatic rings. The van der Waals surface area contributed by atoms with Crippen LogP contribution in [0.4, 0.5) is 5.69 Å². The van der Waals surface area contributed by atoms with Gasteiger partial charge in [0.25, 0.3) is 11.8 Å². The lowest BCUT2D eigenvalue weighted by Crippen LogP contribution is -2.26. The van der Waals surface area contributed by atoms with Crippen molar-refractivity contribution in [2.75, 3.05) is 11.9 Å². The second kappa shape index (κ2) is 5.66. The zero-order chi connectivity index (χ0) is 14.7. The molecule has 3 rings (SSSR count). The van der Waals surface area contributed by atoms with Crippen molar-refractivity contribution in [2.24, 2.45) is 0 Å². The first-order valence-corrected chi connectivity index (χ1v) is 6.61. The molecule has 0 fully saturated rings. The lowest BCUT2D eigenvalue weighted by atomic mass is 10.1. The van der Waals surface area contributed by atoms with E-state index in [4.69, 9.17) is 4.74 Å². The van der Waals surface area contributed by atoms with Crippen LogP contribution in [0.15, 0.2) is 48.5 Å². The zero-order valence-electron chi connectivity index (χ0n) is 11.3. The van der Waals surface area contributed by atoms with Crippen LogP contribution in [0.1, 0.15) is 15.9 Å². The molecule has 5 nitrogen and oxygen atoms in total. The summed E-state index contributed by atoms with van der Waals surface area (Å²) in [5, 5.41) is 5.58. The highest BCUT2D eigenvalue weighted by Crippen LogP contribution is 2.28. The van der Waals surface area contributed by atoms with Crippen molar-refractivity contribution in [1.29, 1.82) is 0 Å². The van der Waals surface area contributed by atoms with E-state index in [-0.39, 0.29) is 18.4 Å². The maximum absolute atomic E-state index is 12.0. The molecule has 0 spiro atoms. The van der Waals surface area contributed by atoms with Gasteiger partial charge < -0.3 is 15.4 Å². The number of carbonyl (C=O) groups excluding carboxylic acids is 2. The summed E-state index contributed by atoms with van der Waals surface area (Å²) in [6.45, 7) is 0.422. The molecule has 2 amide bonds. The van der Waals surface area contributed by atoms with E-state index in [2.05, 4.69) is 10.6 Å². The number of carbonyl (C=O) groups is 2. The van der Waals surface area contributed by atoms with Crippen molar-refractivity contribution in [3.05, 3.63) is 59.7 Å². The minimum atomic E-state index is -0.160. The highest BCUT2D eigenvalue weighted by atomic mass is 16.5. The number of amides is 2. The van der Waals surface area contributed by atoms with Gasteiger partial charge in [0.05, 0.1) is 5.69 Å². The van der Waals surface area contributed by atoms with Gasteiger partial charge in [-0.05, 0) is 29.8 Å². The molecular formula is C16H14N2O3. The molecule has 2 N–H and O–H groups in total. The maximum Gasteiger partial charge on any atom is 0.262 e. The summed E-state index contributed by atoms with van der Waals surface area (Å²) in [6, 6.07) is 14.5. The van der Waals surface area contributed by atoms with Gasteiger partial charge in [0, 0.05) is 12.1 Å². The Hall–Kier alpha value is -2.82. The van der Waals surface area contributed by atoms with E-state index in [0.29, 0.717) is 23.5 Å². The fourth-order valence-electron chi connectivity index (χ4n) is 2.10. The average molecular weight is 282 g/mol. The molecule has 0 saturated carbocycles. The van der Waals surface area contributed by atoms with Crippen molar-refractivity contribution in [3.63, 3.8) is 0 Å². The van der Waals surface area contributed by atoms with Gasteiger partial charge in [-0.1, -0.05) is 24.3 Å². The molecule has 106 valence electrons. The summed E-state index contributed by atoms with van der Waals surface area (Å²) >= 11 is 0. The molecule has 0 unspecified atom stereocenters. The number of hydrogen-bond acceptors (Lipinski definition) is 3. The molecule has 2 aromatic carbocycles. The summed E-state index contributed by atoms with van der Waals surface area (Å²) in [5.74, 6) is 0.344. The molecule has 0 aliphatic carbocycles. The Morgan fingerprint density at radius 2 is 2.00 bits per heavy atom. The first kappa shape index (κ1) is 13.2. The van der Waals surface area contributed by atoms with Crippen molar-refractivity contribution >= 4 is 17.5 Å². The highest BCUT2D eigenvalue weighted by Gasteiger charge is 2.16. The standard InChI is InChI=1S/C16H14N2O3/c19-15-10-21-14-8-11(6-7-13(14)18-15)9-17-16(20)12-4-2-1-3-5-12/h1-8H,9-10H2,(H,17,20)(H,18,19). The summed E-state index contributed by atoms with van der Waals surface area (Å²) in [4.78, 5) is 23.1. The smallest absolute Gasteiger partial charge is 0.262 e. The Bertz CT molecular complexity index is 683. The Labute approximate surface area is 121 Å². The summed E-state index contributed by atoms with van der Waals surface area (Å²) in [7, 11) is 0. The van der Waals surface area contributed by atoms with Crippen LogP contribution in [0.25, 0.3) is 0 Å². The van der Waals surface area contributed by atoms with Crippen molar-refractivity contribution in [1.82, 2.24) is 5.32 Å². The van der Waals surface area contributed by atoms with E-state index in [1.165, 1.54) is 0 Å². The van der Waals surface area contributed by atoms with Crippen LogP contribution in [0.2, 0.25) is 0 Å². The van der Waals surface area contributed by atoms with E-state index in [9.17, 15) is 9.59 Å². The molecule has 0 radical (unpaired) electrons. The molecule has 5 heteroatoms. The van der Waals surface area contributed by atoms with E-state index < -0.39 is 0 Å². The first-order chi connectivity index (χ1) is 10.2. The van der Waals surface area contributed by atoms with Crippen LogP contribution in [-0.4, -0.2) is 18.4 Å². The molecule has 2 aromatic rings. The first-order valence-electron chi connectivity index (χ1n) is 6.61. The summed E-state index contributed by atoms with van der Waals surface area (Å²) in [5.41, 5.74) is 2.19. The van der Waals surface area contributed by atoms with E-state index >= 15 is 0 Å². The van der Waals surface area contributed by atoms with Gasteiger partial charge in [-0.3, -0.25) is 9.59 Å². The van der Waals surface area contributed by atoms with Crippen molar-refractivity contribution < 1.29 is 14.3 Å². The Morgan fingerprint density at radius 1 is 1.19 bits per heavy atom. The highest BCUT2D eigenvalue weighted by molar-refractivity contribution is 5.95. The second-order valence-electron chi connectivity index (χ2n) is 4.72. The molecule has 0 atom stereocenters. The number of rotatable bonds is 3. The number of benzene rings is 2. The van der Waals surface area contributed by atoms with Gasteiger partial charge in [0.2, 0.25) is 0 Å². The number of ether oxygens (including phenoxy) is 1. The van der Waals surface area contributed by atoms with Crippen LogP contribution in [0, 0.1) is 0 Å². The molecule has 1 heterocycles. The number of hydrogen-bond donors (Lipinski definition) is 2. The van der Waals surface area contributed by atoms with Crippen LogP contribution in [0.3, 0.4) is 0 Å². The van der Waals surface area contributed by atoms with Gasteiger partial charge in [-0.2, -0.15) is 0 Å². The maximum atomic E-state index is 12.0. The molecule has 0 aromatic heterocycles. The van der Waals surface area contributed by atoms with Crippen LogP contribution in [0.5, 0.6) is 5.75 Å². The molecule has 1 aliphatic heterocycles. The molecular weight excluding hydrogens is 268 g/mol. The predicted molar refractivity (Wildman–Crippen MR) is 78.2 cm³/mol. The predicted octanol–water partition coefficient (Wildman–Crippen LogP) is 1.95. The van der Waals surface area contributed by atoms with Crippen LogP contribution < -0.4 is 15.4 Å². The van der Waals surface area contributed by atoms with E-state index in [1.54, 1.807) is 18.2 Å². The van der Waals surface area contributed by atoms with E-state index in [0.717, 1.165) is 5.56 Å². The third kappa shape index (κ3) is 3.02. The van der Waals surface area contributed by atoms with E-state index in [1.807, 2.05) is 30.3 Å². The average Bonchev–Trinajstić information content (AvgIpc) is 2.53. The fraction of sp³-hybridized carbons (Fsp3) is 0.125. The Kier molecular flexibility index (Phi) is 3.55.